The lowest BCUT2D eigenvalue weighted by Gasteiger charge is -2.34. The Balaban J connectivity index is 1.51. The van der Waals surface area contributed by atoms with Crippen LogP contribution >= 0.6 is 11.3 Å². The summed E-state index contributed by atoms with van der Waals surface area (Å²) in [6, 6.07) is 4.78. The fourth-order valence-corrected chi connectivity index (χ4v) is 4.12. The van der Waals surface area contributed by atoms with Crippen molar-refractivity contribution in [3.63, 3.8) is 0 Å². The first-order valence-corrected chi connectivity index (χ1v) is 11.5. The Morgan fingerprint density at radius 2 is 1.85 bits per heavy atom. The van der Waals surface area contributed by atoms with E-state index in [4.69, 9.17) is 4.74 Å². The lowest BCUT2D eigenvalue weighted by molar-refractivity contribution is -0.138. The summed E-state index contributed by atoms with van der Waals surface area (Å²) in [4.78, 5) is 27.8. The van der Waals surface area contributed by atoms with E-state index in [2.05, 4.69) is 29.4 Å². The summed E-state index contributed by atoms with van der Waals surface area (Å²) < 4.78 is 44.9. The molecule has 0 saturated carbocycles. The van der Waals surface area contributed by atoms with Gasteiger partial charge in [0.15, 0.2) is 0 Å². The molecular weight excluding hydrogens is 459 g/mol. The fourth-order valence-electron chi connectivity index (χ4n) is 3.38. The summed E-state index contributed by atoms with van der Waals surface area (Å²) in [5, 5.41) is 11.2. The average Bonchev–Trinajstić information content (AvgIpc) is 3.24. The van der Waals surface area contributed by atoms with Gasteiger partial charge in [-0.05, 0) is 42.2 Å². The van der Waals surface area contributed by atoms with Crippen LogP contribution in [0.25, 0.3) is 0 Å². The number of nitrogens with one attached hydrogen (secondary N) is 1. The maximum atomic E-state index is 13.2. The molecule has 8 nitrogen and oxygen atoms in total. The van der Waals surface area contributed by atoms with Gasteiger partial charge in [0, 0.05) is 32.7 Å². The molecule has 1 N–H and O–H groups in total. The molecule has 2 aromatic rings. The molecule has 1 saturated heterocycles. The second-order valence-electron chi connectivity index (χ2n) is 8.03. The molecule has 1 fully saturated rings. The highest BCUT2D eigenvalue weighted by molar-refractivity contribution is 7.17. The number of carbonyl (C=O) groups is 2. The van der Waals surface area contributed by atoms with Crippen LogP contribution in [0.3, 0.4) is 0 Å². The molecule has 0 atom stereocenters. The van der Waals surface area contributed by atoms with Crippen LogP contribution in [-0.2, 0) is 6.18 Å². The van der Waals surface area contributed by atoms with E-state index in [0.29, 0.717) is 30.7 Å². The van der Waals surface area contributed by atoms with Crippen molar-refractivity contribution in [1.82, 2.24) is 20.4 Å². The molecule has 1 aromatic heterocycles. The van der Waals surface area contributed by atoms with Crippen LogP contribution in [0, 0.1) is 5.92 Å². The Labute approximate surface area is 193 Å². The molecular formula is C21H26F3N5O3S. The Kier molecular flexibility index (Phi) is 8.11. The van der Waals surface area contributed by atoms with E-state index >= 15 is 0 Å². The zero-order valence-corrected chi connectivity index (χ0v) is 19.2. The molecule has 2 heterocycles. The van der Waals surface area contributed by atoms with Gasteiger partial charge in [0.25, 0.3) is 5.91 Å². The first kappa shape index (κ1) is 24.7. The van der Waals surface area contributed by atoms with Crippen molar-refractivity contribution in [2.45, 2.75) is 32.9 Å². The first-order valence-electron chi connectivity index (χ1n) is 10.6. The van der Waals surface area contributed by atoms with E-state index in [1.165, 1.54) is 23.1 Å². The molecule has 0 radical (unpaired) electrons. The van der Waals surface area contributed by atoms with E-state index in [1.54, 1.807) is 0 Å². The highest BCUT2D eigenvalue weighted by atomic mass is 32.1. The molecule has 2 amide bonds. The number of hydrogen-bond donors (Lipinski definition) is 1. The number of ether oxygens (including phenoxy) is 1. The quantitative estimate of drug-likeness (QED) is 0.596. The van der Waals surface area contributed by atoms with Crippen LogP contribution in [0.2, 0.25) is 0 Å². The molecule has 0 spiro atoms. The minimum atomic E-state index is -4.60. The Morgan fingerprint density at radius 1 is 1.15 bits per heavy atom. The largest absolute Gasteiger partial charge is 0.417 e. The third-order valence-electron chi connectivity index (χ3n) is 5.10. The number of amides is 2. The fraction of sp³-hybridized carbons (Fsp3) is 0.524. The summed E-state index contributed by atoms with van der Waals surface area (Å²) in [5.41, 5.74) is -1.30. The first-order chi connectivity index (χ1) is 15.6. The Bertz CT molecular complexity index is 959. The highest BCUT2D eigenvalue weighted by Gasteiger charge is 2.36. The maximum Gasteiger partial charge on any atom is 0.417 e. The molecule has 1 aromatic carbocycles. The number of halogens is 3. The number of nitrogens with zero attached hydrogens (tertiary/aromatic N) is 4. The molecule has 1 aliphatic heterocycles. The van der Waals surface area contributed by atoms with Gasteiger partial charge in [-0.15, -0.1) is 5.10 Å². The summed E-state index contributed by atoms with van der Waals surface area (Å²) in [7, 11) is 0. The average molecular weight is 486 g/mol. The zero-order chi connectivity index (χ0) is 24.0. The molecule has 33 heavy (non-hydrogen) atoms. The minimum absolute atomic E-state index is 0.101. The highest BCUT2D eigenvalue weighted by Crippen LogP contribution is 2.33. The zero-order valence-electron chi connectivity index (χ0n) is 18.4. The van der Waals surface area contributed by atoms with Crippen LogP contribution in [0.4, 0.5) is 23.1 Å². The van der Waals surface area contributed by atoms with Gasteiger partial charge in [-0.3, -0.25) is 4.79 Å². The molecule has 3 rings (SSSR count). The van der Waals surface area contributed by atoms with Gasteiger partial charge in [0.05, 0.1) is 11.1 Å². The monoisotopic (exact) mass is 485 g/mol. The number of piperazine rings is 1. The lowest BCUT2D eigenvalue weighted by Crippen LogP contribution is -2.49. The van der Waals surface area contributed by atoms with Gasteiger partial charge in [0.2, 0.25) is 5.13 Å². The predicted molar refractivity (Wildman–Crippen MR) is 118 cm³/mol. The van der Waals surface area contributed by atoms with Gasteiger partial charge in [0.1, 0.15) is 0 Å². The molecule has 0 unspecified atom stereocenters. The molecule has 1 aliphatic rings. The van der Waals surface area contributed by atoms with Gasteiger partial charge in [-0.1, -0.05) is 31.1 Å². The van der Waals surface area contributed by atoms with Crippen molar-refractivity contribution < 1.29 is 27.5 Å². The number of hydrogen-bond acceptors (Lipinski definition) is 7. The third kappa shape index (κ3) is 6.80. The number of carbonyl (C=O) groups excluding carboxylic acids is 2. The lowest BCUT2D eigenvalue weighted by atomic mass is 10.1. The Hall–Kier alpha value is -2.89. The molecule has 0 aliphatic carbocycles. The van der Waals surface area contributed by atoms with Crippen LogP contribution in [0.1, 0.15) is 42.6 Å². The Morgan fingerprint density at radius 3 is 2.52 bits per heavy atom. The SMILES string of the molecule is CC(C)CCCNC(=O)Oc1nnc(N2CCN(C(=O)c3ccccc3C(F)(F)F)CC2)s1. The van der Waals surface area contributed by atoms with Crippen LogP contribution in [0.5, 0.6) is 5.19 Å². The van der Waals surface area contributed by atoms with Crippen LogP contribution in [0.15, 0.2) is 24.3 Å². The van der Waals surface area contributed by atoms with E-state index in [-0.39, 0.29) is 23.8 Å². The number of rotatable bonds is 7. The second kappa shape index (κ2) is 10.8. The molecule has 0 bridgehead atoms. The topological polar surface area (TPSA) is 87.7 Å². The van der Waals surface area contributed by atoms with E-state index in [0.717, 1.165) is 30.2 Å². The normalized spacial score (nSPS) is 14.5. The number of benzene rings is 1. The van der Waals surface area contributed by atoms with Crippen LogP contribution < -0.4 is 15.0 Å². The summed E-state index contributed by atoms with van der Waals surface area (Å²) >= 11 is 1.09. The van der Waals surface area contributed by atoms with E-state index < -0.39 is 23.7 Å². The van der Waals surface area contributed by atoms with Crippen LogP contribution in [-0.4, -0.2) is 59.8 Å². The van der Waals surface area contributed by atoms with Gasteiger partial charge < -0.3 is 19.9 Å². The predicted octanol–water partition coefficient (Wildman–Crippen LogP) is 4.04. The number of aromatic nitrogens is 2. The number of alkyl halides is 3. The molecule has 12 heteroatoms. The van der Waals surface area contributed by atoms with Crippen molar-refractivity contribution in [2.75, 3.05) is 37.6 Å². The summed E-state index contributed by atoms with van der Waals surface area (Å²) in [6.45, 7) is 5.94. The second-order valence-corrected chi connectivity index (χ2v) is 8.94. The summed E-state index contributed by atoms with van der Waals surface area (Å²) in [5.74, 6) is -0.0957. The number of anilines is 1. The van der Waals surface area contributed by atoms with E-state index in [9.17, 15) is 22.8 Å². The summed E-state index contributed by atoms with van der Waals surface area (Å²) in [6.07, 6.45) is -3.35. The van der Waals surface area contributed by atoms with Crippen molar-refractivity contribution >= 4 is 28.5 Å². The standard InChI is InChI=1S/C21H26F3N5O3S/c1-14(2)6-5-9-25-19(31)32-20-27-26-18(33-20)29-12-10-28(11-13-29)17(30)15-7-3-4-8-16(15)21(22,23)24/h3-4,7-8,14H,5-6,9-13H2,1-2H3,(H,25,31). The van der Waals surface area contributed by atoms with Gasteiger partial charge >= 0.3 is 17.5 Å². The van der Waals surface area contributed by atoms with Crippen molar-refractivity contribution in [3.05, 3.63) is 35.4 Å². The van der Waals surface area contributed by atoms with Gasteiger partial charge in [-0.2, -0.15) is 13.2 Å². The van der Waals surface area contributed by atoms with Gasteiger partial charge in [-0.25, -0.2) is 4.79 Å². The van der Waals surface area contributed by atoms with Crippen molar-refractivity contribution in [2.24, 2.45) is 5.92 Å². The van der Waals surface area contributed by atoms with Crippen molar-refractivity contribution in [3.8, 4) is 5.19 Å². The van der Waals surface area contributed by atoms with Crippen molar-refractivity contribution in [1.29, 1.82) is 0 Å². The minimum Gasteiger partial charge on any atom is -0.380 e. The maximum absolute atomic E-state index is 13.2. The third-order valence-corrected chi connectivity index (χ3v) is 5.97. The molecule has 180 valence electrons. The van der Waals surface area contributed by atoms with E-state index in [1.807, 2.05) is 4.90 Å². The smallest absolute Gasteiger partial charge is 0.380 e.